The maximum Gasteiger partial charge on any atom is 0.243 e. The van der Waals surface area contributed by atoms with E-state index in [-0.39, 0.29) is 17.2 Å². The van der Waals surface area contributed by atoms with Crippen LogP contribution in [0.25, 0.3) is 0 Å². The smallest absolute Gasteiger partial charge is 0.243 e. The molecule has 1 aromatic carbocycles. The molecule has 20 heavy (non-hydrogen) atoms. The van der Waals surface area contributed by atoms with Crippen LogP contribution in [0.5, 0.6) is 0 Å². The molecule has 1 saturated heterocycles. The lowest BCUT2D eigenvalue weighted by Gasteiger charge is -2.05. The molecule has 106 valence electrons. The van der Waals surface area contributed by atoms with Crippen LogP contribution in [0.4, 0.5) is 0 Å². The molecule has 4 nitrogen and oxygen atoms in total. The zero-order valence-electron chi connectivity index (χ0n) is 11.6. The van der Waals surface area contributed by atoms with Crippen molar-refractivity contribution < 1.29 is 13.2 Å². The number of carbonyl (C=O) groups is 1. The molecule has 0 spiro atoms. The van der Waals surface area contributed by atoms with Crippen LogP contribution in [0.1, 0.15) is 25.3 Å². The van der Waals surface area contributed by atoms with Crippen LogP contribution in [0.3, 0.4) is 0 Å². The summed E-state index contributed by atoms with van der Waals surface area (Å²) >= 11 is 0. The second-order valence-corrected chi connectivity index (χ2v) is 6.71. The molecule has 0 aliphatic carbocycles. The Bertz CT molecular complexity index is 665. The summed E-state index contributed by atoms with van der Waals surface area (Å²) in [6.07, 6.45) is 1.54. The molecular weight excluding hydrogens is 274 g/mol. The van der Waals surface area contributed by atoms with Crippen molar-refractivity contribution in [3.63, 3.8) is 0 Å². The Morgan fingerprint density at radius 2 is 2.00 bits per heavy atom. The van der Waals surface area contributed by atoms with Gasteiger partial charge in [-0.1, -0.05) is 30.5 Å². The van der Waals surface area contributed by atoms with E-state index < -0.39 is 16.1 Å². The molecule has 1 unspecified atom stereocenters. The number of benzene rings is 1. The van der Waals surface area contributed by atoms with Gasteiger partial charge in [-0.3, -0.25) is 4.79 Å². The Labute approximate surface area is 119 Å². The van der Waals surface area contributed by atoms with Crippen LogP contribution in [0, 0.1) is 18.8 Å². The fourth-order valence-corrected chi connectivity index (χ4v) is 3.33. The molecular formula is C15H17NO3S. The normalized spacial score (nSPS) is 20.9. The number of sulfonamides is 1. The SMILES string of the molecule is CCCC#CC(=O)[C@@H]1CN1S(=O)(=O)c1ccc(C)cc1. The molecule has 0 radical (unpaired) electrons. The summed E-state index contributed by atoms with van der Waals surface area (Å²) < 4.78 is 25.7. The average Bonchev–Trinajstić information content (AvgIpc) is 3.20. The molecule has 2 atom stereocenters. The summed E-state index contributed by atoms with van der Waals surface area (Å²) in [6, 6.07) is 6.01. The molecule has 1 aliphatic heterocycles. The van der Waals surface area contributed by atoms with Crippen molar-refractivity contribution in [2.45, 2.75) is 37.6 Å². The number of hydrogen-bond donors (Lipinski definition) is 0. The molecule has 0 bridgehead atoms. The van der Waals surface area contributed by atoms with Gasteiger partial charge in [0.1, 0.15) is 6.04 Å². The van der Waals surface area contributed by atoms with Crippen LogP contribution in [0.15, 0.2) is 29.2 Å². The lowest BCUT2D eigenvalue weighted by Crippen LogP contribution is -2.18. The van der Waals surface area contributed by atoms with Crippen LogP contribution in [-0.2, 0) is 14.8 Å². The predicted molar refractivity (Wildman–Crippen MR) is 76.5 cm³/mol. The van der Waals surface area contributed by atoms with Crippen molar-refractivity contribution in [3.05, 3.63) is 29.8 Å². The topological polar surface area (TPSA) is 54.2 Å². The number of rotatable bonds is 4. The Morgan fingerprint density at radius 3 is 2.60 bits per heavy atom. The van der Waals surface area contributed by atoms with Crippen molar-refractivity contribution in [1.29, 1.82) is 0 Å². The van der Waals surface area contributed by atoms with Crippen molar-refractivity contribution >= 4 is 15.8 Å². The van der Waals surface area contributed by atoms with Crippen molar-refractivity contribution in [1.82, 2.24) is 4.31 Å². The van der Waals surface area contributed by atoms with E-state index in [0.29, 0.717) is 6.42 Å². The van der Waals surface area contributed by atoms with E-state index in [2.05, 4.69) is 11.8 Å². The molecule has 1 fully saturated rings. The Morgan fingerprint density at radius 1 is 1.35 bits per heavy atom. The highest BCUT2D eigenvalue weighted by atomic mass is 32.2. The second kappa shape index (κ2) is 5.78. The summed E-state index contributed by atoms with van der Waals surface area (Å²) in [7, 11) is -3.56. The molecule has 0 aromatic heterocycles. The van der Waals surface area contributed by atoms with Gasteiger partial charge in [-0.2, -0.15) is 4.31 Å². The highest BCUT2D eigenvalue weighted by molar-refractivity contribution is 7.89. The largest absolute Gasteiger partial charge is 0.283 e. The van der Waals surface area contributed by atoms with E-state index in [9.17, 15) is 13.2 Å². The van der Waals surface area contributed by atoms with Crippen molar-refractivity contribution in [2.75, 3.05) is 6.54 Å². The molecule has 2 rings (SSSR count). The standard InChI is InChI=1S/C15H17NO3S/c1-3-4-5-6-15(17)14-11-16(14)20(18,19)13-9-7-12(2)8-10-13/h7-10,14H,3-4,11H2,1-2H3/t14-,16?/m0/s1. The Hall–Kier alpha value is -1.64. The number of aryl methyl sites for hydroxylation is 1. The van der Waals surface area contributed by atoms with E-state index >= 15 is 0 Å². The zero-order valence-corrected chi connectivity index (χ0v) is 12.4. The fraction of sp³-hybridized carbons (Fsp3) is 0.400. The van der Waals surface area contributed by atoms with Gasteiger partial charge < -0.3 is 0 Å². The monoisotopic (exact) mass is 291 g/mol. The third kappa shape index (κ3) is 3.09. The number of Topliss-reactive ketones (excluding diaryl/α,β-unsaturated/α-hetero) is 1. The first kappa shape index (κ1) is 14.8. The number of hydrogen-bond acceptors (Lipinski definition) is 3. The highest BCUT2D eigenvalue weighted by Crippen LogP contribution is 2.28. The van der Waals surface area contributed by atoms with Gasteiger partial charge in [0.25, 0.3) is 0 Å². The minimum Gasteiger partial charge on any atom is -0.283 e. The van der Waals surface area contributed by atoms with Crippen molar-refractivity contribution in [2.24, 2.45) is 0 Å². The maximum absolute atomic E-state index is 12.3. The van der Waals surface area contributed by atoms with Crippen LogP contribution >= 0.6 is 0 Å². The van der Waals surface area contributed by atoms with Crippen LogP contribution in [-0.4, -0.2) is 31.1 Å². The lowest BCUT2D eigenvalue weighted by atomic mass is 10.2. The zero-order chi connectivity index (χ0) is 14.8. The van der Waals surface area contributed by atoms with Gasteiger partial charge in [-0.15, -0.1) is 0 Å². The van der Waals surface area contributed by atoms with Gasteiger partial charge >= 0.3 is 0 Å². The molecule has 5 heteroatoms. The molecule has 0 amide bonds. The van der Waals surface area contributed by atoms with Crippen molar-refractivity contribution in [3.8, 4) is 11.8 Å². The number of ketones is 1. The van der Waals surface area contributed by atoms with Crippen LogP contribution in [0.2, 0.25) is 0 Å². The molecule has 1 aromatic rings. The third-order valence-corrected chi connectivity index (χ3v) is 4.97. The summed E-state index contributed by atoms with van der Waals surface area (Å²) in [6.45, 7) is 4.10. The van der Waals surface area contributed by atoms with E-state index in [0.717, 1.165) is 12.0 Å². The fourth-order valence-electron chi connectivity index (χ4n) is 1.81. The van der Waals surface area contributed by atoms with Gasteiger partial charge in [0.15, 0.2) is 0 Å². The number of unbranched alkanes of at least 4 members (excludes halogenated alkanes) is 1. The first-order valence-electron chi connectivity index (χ1n) is 6.58. The second-order valence-electron chi connectivity index (χ2n) is 4.82. The predicted octanol–water partition coefficient (Wildman–Crippen LogP) is 1.74. The van der Waals surface area contributed by atoms with Gasteiger partial charge in [0.2, 0.25) is 15.8 Å². The van der Waals surface area contributed by atoms with Gasteiger partial charge in [0.05, 0.1) is 4.90 Å². The molecule has 1 aliphatic rings. The quantitative estimate of drug-likeness (QED) is 0.482. The molecule has 0 saturated carbocycles. The van der Waals surface area contributed by atoms with E-state index in [1.165, 1.54) is 4.31 Å². The summed E-state index contributed by atoms with van der Waals surface area (Å²) in [4.78, 5) is 12.0. The lowest BCUT2D eigenvalue weighted by molar-refractivity contribution is -0.113. The minimum absolute atomic E-state index is 0.222. The van der Waals surface area contributed by atoms with E-state index in [1.54, 1.807) is 24.3 Å². The average molecular weight is 291 g/mol. The molecule has 0 N–H and O–H groups in total. The van der Waals surface area contributed by atoms with E-state index in [1.807, 2.05) is 13.8 Å². The van der Waals surface area contributed by atoms with Crippen LogP contribution < -0.4 is 0 Å². The highest BCUT2D eigenvalue weighted by Gasteiger charge is 2.48. The number of nitrogens with zero attached hydrogens (tertiary/aromatic N) is 1. The number of carbonyl (C=O) groups excluding carboxylic acids is 1. The maximum atomic E-state index is 12.3. The minimum atomic E-state index is -3.56. The summed E-state index contributed by atoms with van der Waals surface area (Å²) in [5, 5.41) is 0. The summed E-state index contributed by atoms with van der Waals surface area (Å²) in [5.74, 6) is 4.96. The van der Waals surface area contributed by atoms with Gasteiger partial charge in [-0.05, 0) is 31.4 Å². The first-order valence-corrected chi connectivity index (χ1v) is 8.02. The third-order valence-electron chi connectivity index (χ3n) is 3.08. The molecule has 1 heterocycles. The Kier molecular flexibility index (Phi) is 4.26. The van der Waals surface area contributed by atoms with Gasteiger partial charge in [0, 0.05) is 13.0 Å². The first-order chi connectivity index (χ1) is 9.46. The Balaban J connectivity index is 2.09. The summed E-state index contributed by atoms with van der Waals surface area (Å²) in [5.41, 5.74) is 0.993. The van der Waals surface area contributed by atoms with Gasteiger partial charge in [-0.25, -0.2) is 8.42 Å². The van der Waals surface area contributed by atoms with E-state index in [4.69, 9.17) is 0 Å².